The van der Waals surface area contributed by atoms with Crippen LogP contribution in [0.15, 0.2) is 30.5 Å². The summed E-state index contributed by atoms with van der Waals surface area (Å²) in [6, 6.07) is 7.27. The summed E-state index contributed by atoms with van der Waals surface area (Å²) in [5, 5.41) is 1.01. The molecule has 112 valence electrons. The van der Waals surface area contributed by atoms with Gasteiger partial charge in [-0.2, -0.15) is 0 Å². The van der Waals surface area contributed by atoms with E-state index in [1.807, 2.05) is 25.3 Å². The third-order valence-electron chi connectivity index (χ3n) is 2.98. The first-order valence-electron chi connectivity index (χ1n) is 6.69. The van der Waals surface area contributed by atoms with Crippen LogP contribution in [0.4, 0.5) is 5.69 Å². The lowest BCUT2D eigenvalue weighted by Gasteiger charge is -2.16. The predicted octanol–water partition coefficient (Wildman–Crippen LogP) is 2.46. The molecule has 0 fully saturated rings. The van der Waals surface area contributed by atoms with E-state index in [0.717, 1.165) is 9.88 Å². The summed E-state index contributed by atoms with van der Waals surface area (Å²) in [5.74, 6) is 0.654. The summed E-state index contributed by atoms with van der Waals surface area (Å²) in [7, 11) is 1.79. The van der Waals surface area contributed by atoms with Gasteiger partial charge in [0.15, 0.2) is 0 Å². The first kappa shape index (κ1) is 15.3. The number of carbonyl (C=O) groups is 1. The van der Waals surface area contributed by atoms with E-state index >= 15 is 0 Å². The fourth-order valence-electron chi connectivity index (χ4n) is 1.85. The quantitative estimate of drug-likeness (QED) is 0.832. The van der Waals surface area contributed by atoms with E-state index in [2.05, 4.69) is 4.98 Å². The molecule has 5 nitrogen and oxygen atoms in total. The molecule has 21 heavy (non-hydrogen) atoms. The van der Waals surface area contributed by atoms with Gasteiger partial charge in [0.05, 0.1) is 30.3 Å². The maximum absolute atomic E-state index is 12.0. The number of anilines is 1. The molecule has 1 amide bonds. The Balaban J connectivity index is 1.77. The summed E-state index contributed by atoms with van der Waals surface area (Å²) in [4.78, 5) is 19.0. The molecule has 0 spiro atoms. The maximum atomic E-state index is 12.0. The Morgan fingerprint density at radius 2 is 2.19 bits per heavy atom. The lowest BCUT2D eigenvalue weighted by molar-refractivity contribution is -0.130. The Bertz CT molecular complexity index is 612. The maximum Gasteiger partial charge on any atom is 0.226 e. The van der Waals surface area contributed by atoms with Crippen LogP contribution < -0.4 is 10.5 Å². The minimum atomic E-state index is 0.0376. The van der Waals surface area contributed by atoms with Gasteiger partial charge >= 0.3 is 0 Å². The van der Waals surface area contributed by atoms with Gasteiger partial charge in [-0.05, 0) is 19.1 Å². The molecule has 0 aliphatic heterocycles. The number of aryl methyl sites for hydroxylation is 1. The number of nitrogens with two attached hydrogens (primary N) is 1. The van der Waals surface area contributed by atoms with Crippen molar-refractivity contribution in [1.29, 1.82) is 0 Å². The monoisotopic (exact) mass is 305 g/mol. The lowest BCUT2D eigenvalue weighted by Crippen LogP contribution is -2.27. The average Bonchev–Trinajstić information content (AvgIpc) is 2.86. The van der Waals surface area contributed by atoms with Crippen LogP contribution in [0.1, 0.15) is 16.3 Å². The highest BCUT2D eigenvalue weighted by Gasteiger charge is 2.11. The molecule has 0 saturated carbocycles. The Hall–Kier alpha value is -2.08. The molecule has 0 unspecified atom stereocenters. The van der Waals surface area contributed by atoms with Crippen molar-refractivity contribution < 1.29 is 9.53 Å². The van der Waals surface area contributed by atoms with Crippen LogP contribution >= 0.6 is 11.3 Å². The number of nitrogen functional groups attached to an aromatic ring is 1. The second-order valence-corrected chi connectivity index (χ2v) is 6.05. The summed E-state index contributed by atoms with van der Waals surface area (Å²) in [6.45, 7) is 2.85. The minimum absolute atomic E-state index is 0.0376. The number of hydrogen-bond donors (Lipinski definition) is 1. The van der Waals surface area contributed by atoms with Gasteiger partial charge < -0.3 is 15.4 Å². The number of benzene rings is 1. The molecular formula is C15H19N3O2S. The van der Waals surface area contributed by atoms with Gasteiger partial charge in [-0.1, -0.05) is 12.1 Å². The van der Waals surface area contributed by atoms with E-state index < -0.39 is 0 Å². The smallest absolute Gasteiger partial charge is 0.226 e. The summed E-state index contributed by atoms with van der Waals surface area (Å²) in [6.07, 6.45) is 2.13. The number of para-hydroxylation sites is 2. The first-order valence-corrected chi connectivity index (χ1v) is 7.50. The number of carbonyl (C=O) groups excluding carboxylic acids is 1. The number of thiazole rings is 1. The van der Waals surface area contributed by atoms with E-state index in [4.69, 9.17) is 10.5 Å². The number of aromatic nitrogens is 1. The number of nitrogens with zero attached hydrogens (tertiary/aromatic N) is 2. The molecule has 0 atom stereocenters. The third kappa shape index (κ3) is 4.46. The molecule has 2 rings (SSSR count). The van der Waals surface area contributed by atoms with Crippen LogP contribution in [0, 0.1) is 6.92 Å². The largest absolute Gasteiger partial charge is 0.491 e. The fourth-order valence-corrected chi connectivity index (χ4v) is 2.70. The number of hydrogen-bond acceptors (Lipinski definition) is 5. The molecular weight excluding hydrogens is 286 g/mol. The Kier molecular flexibility index (Phi) is 5.16. The number of amides is 1. The van der Waals surface area contributed by atoms with Gasteiger partial charge in [0.25, 0.3) is 0 Å². The number of rotatable bonds is 6. The second-order valence-electron chi connectivity index (χ2n) is 4.73. The van der Waals surface area contributed by atoms with Crippen molar-refractivity contribution in [2.45, 2.75) is 19.9 Å². The van der Waals surface area contributed by atoms with Crippen LogP contribution in [-0.4, -0.2) is 29.4 Å². The van der Waals surface area contributed by atoms with E-state index in [0.29, 0.717) is 31.0 Å². The van der Waals surface area contributed by atoms with Gasteiger partial charge in [-0.25, -0.2) is 4.98 Å². The summed E-state index contributed by atoms with van der Waals surface area (Å²) < 4.78 is 5.53. The molecule has 1 heterocycles. The molecule has 2 N–H and O–H groups in total. The SMILES string of the molecule is Cc1ncc(CN(C)C(=O)CCOc2ccccc2N)s1. The van der Waals surface area contributed by atoms with Crippen LogP contribution in [0.25, 0.3) is 0 Å². The zero-order chi connectivity index (χ0) is 15.2. The summed E-state index contributed by atoms with van der Waals surface area (Å²) in [5.41, 5.74) is 6.36. The molecule has 0 radical (unpaired) electrons. The predicted molar refractivity (Wildman–Crippen MR) is 84.3 cm³/mol. The van der Waals surface area contributed by atoms with Crippen molar-refractivity contribution >= 4 is 22.9 Å². The summed E-state index contributed by atoms with van der Waals surface area (Å²) >= 11 is 1.60. The highest BCUT2D eigenvalue weighted by atomic mass is 32.1. The van der Waals surface area contributed by atoms with Crippen molar-refractivity contribution in [1.82, 2.24) is 9.88 Å². The third-order valence-corrected chi connectivity index (χ3v) is 3.88. The van der Waals surface area contributed by atoms with E-state index in [1.165, 1.54) is 0 Å². The van der Waals surface area contributed by atoms with Crippen molar-refractivity contribution in [2.24, 2.45) is 0 Å². The molecule has 0 saturated heterocycles. The second kappa shape index (κ2) is 7.08. The molecule has 0 bridgehead atoms. The lowest BCUT2D eigenvalue weighted by atomic mass is 10.3. The Labute approximate surface area is 128 Å². The van der Waals surface area contributed by atoms with Crippen LogP contribution in [-0.2, 0) is 11.3 Å². The Morgan fingerprint density at radius 3 is 2.86 bits per heavy atom. The van der Waals surface area contributed by atoms with Crippen LogP contribution in [0.3, 0.4) is 0 Å². The zero-order valence-electron chi connectivity index (χ0n) is 12.2. The first-order chi connectivity index (χ1) is 10.1. The fraction of sp³-hybridized carbons (Fsp3) is 0.333. The average molecular weight is 305 g/mol. The molecule has 2 aromatic rings. The van der Waals surface area contributed by atoms with Gasteiger partial charge in [0, 0.05) is 18.1 Å². The van der Waals surface area contributed by atoms with Gasteiger partial charge in [0.2, 0.25) is 5.91 Å². The van der Waals surface area contributed by atoms with Crippen molar-refractivity contribution in [2.75, 3.05) is 19.4 Å². The van der Waals surface area contributed by atoms with Crippen molar-refractivity contribution in [3.05, 3.63) is 40.3 Å². The van der Waals surface area contributed by atoms with E-state index in [1.54, 1.807) is 35.4 Å². The zero-order valence-corrected chi connectivity index (χ0v) is 13.0. The van der Waals surface area contributed by atoms with Gasteiger partial charge in [0.1, 0.15) is 5.75 Å². The van der Waals surface area contributed by atoms with Gasteiger partial charge in [-0.15, -0.1) is 11.3 Å². The van der Waals surface area contributed by atoms with E-state index in [-0.39, 0.29) is 5.91 Å². The topological polar surface area (TPSA) is 68.5 Å². The molecule has 1 aromatic heterocycles. The van der Waals surface area contributed by atoms with Crippen molar-refractivity contribution in [3.63, 3.8) is 0 Å². The minimum Gasteiger partial charge on any atom is -0.491 e. The van der Waals surface area contributed by atoms with Crippen LogP contribution in [0.5, 0.6) is 5.75 Å². The van der Waals surface area contributed by atoms with Gasteiger partial charge in [-0.3, -0.25) is 4.79 Å². The molecule has 0 aliphatic carbocycles. The molecule has 6 heteroatoms. The van der Waals surface area contributed by atoms with Crippen molar-refractivity contribution in [3.8, 4) is 5.75 Å². The highest BCUT2D eigenvalue weighted by Crippen LogP contribution is 2.20. The Morgan fingerprint density at radius 1 is 1.43 bits per heavy atom. The highest BCUT2D eigenvalue weighted by molar-refractivity contribution is 7.11. The molecule has 1 aromatic carbocycles. The molecule has 0 aliphatic rings. The van der Waals surface area contributed by atoms with Crippen LogP contribution in [0.2, 0.25) is 0 Å². The van der Waals surface area contributed by atoms with E-state index in [9.17, 15) is 4.79 Å². The number of ether oxygens (including phenoxy) is 1. The standard InChI is InChI=1S/C15H19N3O2S/c1-11-17-9-12(21-11)10-18(2)15(19)7-8-20-14-6-4-3-5-13(14)16/h3-6,9H,7-8,10,16H2,1-2H3. The normalized spacial score (nSPS) is 10.4.